The van der Waals surface area contributed by atoms with Crippen LogP contribution in [0.1, 0.15) is 31.8 Å². The van der Waals surface area contributed by atoms with Crippen molar-refractivity contribution >= 4 is 102 Å². The van der Waals surface area contributed by atoms with Crippen molar-refractivity contribution in [3.63, 3.8) is 0 Å². The molecule has 0 aromatic heterocycles. The number of hydrogen-bond donors (Lipinski definition) is 0. The normalized spacial score (nSPS) is 15.2. The third-order valence-electron chi connectivity index (χ3n) is 4.38. The van der Waals surface area contributed by atoms with E-state index in [2.05, 4.69) is 0 Å². The van der Waals surface area contributed by atoms with Crippen LogP contribution in [0.3, 0.4) is 0 Å². The Morgan fingerprint density at radius 2 is 0.788 bits per heavy atom. The topological polar surface area (TPSA) is 183 Å². The van der Waals surface area contributed by atoms with Crippen LogP contribution in [0.15, 0.2) is 60.7 Å². The van der Waals surface area contributed by atoms with Crippen molar-refractivity contribution in [1.82, 2.24) is 0 Å². The van der Waals surface area contributed by atoms with E-state index in [1.165, 1.54) is 48.5 Å². The Kier molecular flexibility index (Phi) is 8.33. The molecule has 2 aromatic rings. The van der Waals surface area contributed by atoms with E-state index in [1.807, 2.05) is 0 Å². The molecule has 0 fully saturated rings. The fraction of sp³-hybridized carbons (Fsp3) is 0. The van der Waals surface area contributed by atoms with Gasteiger partial charge in [0.05, 0.1) is 9.81 Å². The van der Waals surface area contributed by atoms with Crippen molar-refractivity contribution in [2.75, 3.05) is 0 Å². The first-order chi connectivity index (χ1) is 14.8. The van der Waals surface area contributed by atoms with Gasteiger partial charge in [-0.3, -0.25) is 19.2 Å². The molecule has 0 heterocycles. The Bertz CT molecular complexity index is 1370. The molecule has 2 aromatic carbocycles. The van der Waals surface area contributed by atoms with E-state index in [4.69, 9.17) is 0 Å². The molecular formula is C20H10BaO10S2. The average molecular weight is 612 g/mol. The maximum absolute atomic E-state index is 11.4. The van der Waals surface area contributed by atoms with Crippen LogP contribution in [0.2, 0.25) is 0 Å². The Morgan fingerprint density at radius 3 is 1.06 bits per heavy atom. The van der Waals surface area contributed by atoms with E-state index in [0.717, 1.165) is 0 Å². The van der Waals surface area contributed by atoms with Crippen molar-refractivity contribution in [3.05, 3.63) is 82.9 Å². The predicted molar refractivity (Wildman–Crippen MR) is 113 cm³/mol. The van der Waals surface area contributed by atoms with Crippen LogP contribution in [-0.2, 0) is 29.8 Å². The standard InChI is InChI=1S/2C10H6O5S.Ba/c2*11-8-5-9(16(13,14)15)6-3-1-2-4-7(6)10(8)12;/h2*1-5H,(H,13,14,15);/q;;+2/p-2. The van der Waals surface area contributed by atoms with Gasteiger partial charge in [0, 0.05) is 34.4 Å². The number of rotatable bonds is 2. The van der Waals surface area contributed by atoms with Crippen LogP contribution in [0.4, 0.5) is 0 Å². The van der Waals surface area contributed by atoms with Gasteiger partial charge in [-0.2, -0.15) is 0 Å². The molecule has 0 spiro atoms. The molecule has 0 saturated carbocycles. The zero-order valence-electron chi connectivity index (χ0n) is 16.4. The van der Waals surface area contributed by atoms with E-state index in [1.54, 1.807) is 0 Å². The summed E-state index contributed by atoms with van der Waals surface area (Å²) in [5.41, 5.74) is -0.127. The molecule has 2 aliphatic carbocycles. The van der Waals surface area contributed by atoms with Crippen LogP contribution in [-0.4, -0.2) is 98.0 Å². The quantitative estimate of drug-likeness (QED) is 0.260. The van der Waals surface area contributed by atoms with Gasteiger partial charge in [0.25, 0.3) is 0 Å². The van der Waals surface area contributed by atoms with E-state index in [0.29, 0.717) is 12.2 Å². The second-order valence-electron chi connectivity index (χ2n) is 6.40. The van der Waals surface area contributed by atoms with E-state index in [-0.39, 0.29) is 71.1 Å². The second kappa shape index (κ2) is 10.1. The molecule has 2 aliphatic rings. The molecule has 13 heteroatoms. The van der Waals surface area contributed by atoms with Gasteiger partial charge in [0.15, 0.2) is 0 Å². The number of ketones is 4. The van der Waals surface area contributed by atoms with E-state index >= 15 is 0 Å². The first kappa shape index (κ1) is 27.2. The third kappa shape index (κ3) is 5.74. The van der Waals surface area contributed by atoms with E-state index in [9.17, 15) is 45.1 Å². The molecule has 10 nitrogen and oxygen atoms in total. The Morgan fingerprint density at radius 1 is 0.515 bits per heavy atom. The maximum Gasteiger partial charge on any atom is 2.00 e. The van der Waals surface area contributed by atoms with Crippen LogP contribution in [0, 0.1) is 0 Å². The van der Waals surface area contributed by atoms with Crippen LogP contribution < -0.4 is 0 Å². The SMILES string of the molecule is O=C1C=C(S(=O)(=O)[O-])c2ccccc2C1=O.O=C1C=C(S(=O)(=O)[O-])c2ccccc2C1=O.[Ba+2]. The van der Waals surface area contributed by atoms with E-state index < -0.39 is 53.2 Å². The molecule has 0 radical (unpaired) electrons. The summed E-state index contributed by atoms with van der Waals surface area (Å²) in [4.78, 5) is 43.9. The number of allylic oxidation sites excluding steroid dienone is 2. The minimum Gasteiger partial charge on any atom is -0.744 e. The Labute approximate surface area is 228 Å². The van der Waals surface area contributed by atoms with Crippen LogP contribution >= 0.6 is 0 Å². The molecule has 164 valence electrons. The van der Waals surface area contributed by atoms with Crippen molar-refractivity contribution in [2.45, 2.75) is 0 Å². The minimum atomic E-state index is -4.76. The number of fused-ring (bicyclic) bond motifs is 2. The number of hydrogen-bond acceptors (Lipinski definition) is 10. The molecule has 0 atom stereocenters. The first-order valence-electron chi connectivity index (χ1n) is 8.53. The van der Waals surface area contributed by atoms with Gasteiger partial charge in [-0.1, -0.05) is 48.5 Å². The van der Waals surface area contributed by atoms with Gasteiger partial charge in [0.1, 0.15) is 20.2 Å². The van der Waals surface area contributed by atoms with Gasteiger partial charge in [-0.05, 0) is 0 Å². The fourth-order valence-electron chi connectivity index (χ4n) is 3.00. The Hall–Kier alpha value is -2.01. The van der Waals surface area contributed by atoms with Crippen molar-refractivity contribution in [3.8, 4) is 0 Å². The predicted octanol–water partition coefficient (Wildman–Crippen LogP) is 0.295. The molecule has 0 aliphatic heterocycles. The summed E-state index contributed by atoms with van der Waals surface area (Å²) in [6.45, 7) is 0. The molecular weight excluding hydrogens is 602 g/mol. The second-order valence-corrected chi connectivity index (χ2v) is 9.10. The molecule has 4 rings (SSSR count). The van der Waals surface area contributed by atoms with Gasteiger partial charge in [0.2, 0.25) is 23.1 Å². The van der Waals surface area contributed by atoms with Gasteiger partial charge in [-0.25, -0.2) is 16.8 Å². The summed E-state index contributed by atoms with van der Waals surface area (Å²) >= 11 is 0. The fourth-order valence-corrected chi connectivity index (χ4v) is 4.39. The van der Waals surface area contributed by atoms with Crippen molar-refractivity contribution in [2.24, 2.45) is 0 Å². The molecule has 33 heavy (non-hydrogen) atoms. The monoisotopic (exact) mass is 612 g/mol. The first-order valence-corrected chi connectivity index (χ1v) is 11.4. The summed E-state index contributed by atoms with van der Waals surface area (Å²) in [6.07, 6.45) is 1.15. The number of carbonyl (C=O) groups excluding carboxylic acids is 4. The zero-order valence-corrected chi connectivity index (χ0v) is 22.5. The zero-order chi connectivity index (χ0) is 23.8. The molecule has 0 N–H and O–H groups in total. The summed E-state index contributed by atoms with van der Waals surface area (Å²) < 4.78 is 65.5. The largest absolute Gasteiger partial charge is 2.00 e. The van der Waals surface area contributed by atoms with Gasteiger partial charge in [-0.15, -0.1) is 0 Å². The summed E-state index contributed by atoms with van der Waals surface area (Å²) in [5, 5.41) is 0. The van der Waals surface area contributed by atoms with Crippen LogP contribution in [0.25, 0.3) is 9.81 Å². The smallest absolute Gasteiger partial charge is 0.744 e. The molecule has 0 amide bonds. The number of benzene rings is 2. The van der Waals surface area contributed by atoms with Gasteiger partial charge < -0.3 is 9.11 Å². The molecule has 0 saturated heterocycles. The average Bonchev–Trinajstić information content (AvgIpc) is 2.72. The summed E-state index contributed by atoms with van der Waals surface area (Å²) in [5.74, 6) is -3.59. The van der Waals surface area contributed by atoms with Gasteiger partial charge >= 0.3 is 48.9 Å². The maximum atomic E-state index is 11.4. The molecule has 0 bridgehead atoms. The summed E-state index contributed by atoms with van der Waals surface area (Å²) in [7, 11) is -9.52. The minimum absolute atomic E-state index is 0. The number of Topliss-reactive ketones (excluding diaryl/α,β-unsaturated/α-hetero) is 2. The third-order valence-corrected chi connectivity index (χ3v) is 6.14. The Balaban J connectivity index is 0.000000227. The van der Waals surface area contributed by atoms with Crippen LogP contribution in [0.5, 0.6) is 0 Å². The summed E-state index contributed by atoms with van der Waals surface area (Å²) in [6, 6.07) is 11.2. The molecule has 0 unspecified atom stereocenters. The van der Waals surface area contributed by atoms with Crippen molar-refractivity contribution < 1.29 is 45.1 Å². The number of carbonyl (C=O) groups is 4. The van der Waals surface area contributed by atoms with Crippen molar-refractivity contribution in [1.29, 1.82) is 0 Å².